The topological polar surface area (TPSA) is 88.8 Å². The van der Waals surface area contributed by atoms with Crippen molar-refractivity contribution in [2.24, 2.45) is 5.14 Å². The molecule has 0 saturated heterocycles. The van der Waals surface area contributed by atoms with Crippen molar-refractivity contribution in [2.45, 2.75) is 12.6 Å². The maximum absolute atomic E-state index is 12.2. The number of primary sulfonamides is 1. The van der Waals surface area contributed by atoms with E-state index in [-0.39, 0.29) is 12.0 Å². The van der Waals surface area contributed by atoms with E-state index in [9.17, 15) is 21.6 Å². The number of aromatic amines is 1. The number of aromatic nitrogens is 2. The highest BCUT2D eigenvalue weighted by atomic mass is 32.2. The largest absolute Gasteiger partial charge is 0.433 e. The van der Waals surface area contributed by atoms with Crippen LogP contribution in [0.2, 0.25) is 0 Å². The SMILES string of the molecule is NS(=O)(=O)CCc1cn[nH]c1C(F)(F)F. The van der Waals surface area contributed by atoms with E-state index < -0.39 is 27.6 Å². The molecule has 1 rings (SSSR count). The number of H-pyrrole nitrogens is 1. The third-order valence-electron chi connectivity index (χ3n) is 1.66. The Hall–Kier alpha value is -1.09. The molecule has 0 aromatic carbocycles. The summed E-state index contributed by atoms with van der Waals surface area (Å²) >= 11 is 0. The Morgan fingerprint density at radius 3 is 2.53 bits per heavy atom. The van der Waals surface area contributed by atoms with Crippen molar-refractivity contribution in [1.82, 2.24) is 10.2 Å². The summed E-state index contributed by atoms with van der Waals surface area (Å²) in [6.07, 6.45) is -3.94. The van der Waals surface area contributed by atoms with Crippen molar-refractivity contribution >= 4 is 10.0 Å². The second-order valence-electron chi connectivity index (χ2n) is 2.88. The lowest BCUT2D eigenvalue weighted by Gasteiger charge is -2.05. The molecule has 0 aliphatic rings. The number of halogens is 3. The van der Waals surface area contributed by atoms with E-state index in [0.29, 0.717) is 0 Å². The number of nitrogens with zero attached hydrogens (tertiary/aromatic N) is 1. The van der Waals surface area contributed by atoms with E-state index in [1.165, 1.54) is 0 Å². The van der Waals surface area contributed by atoms with Gasteiger partial charge in [-0.2, -0.15) is 18.3 Å². The van der Waals surface area contributed by atoms with E-state index >= 15 is 0 Å². The Morgan fingerprint density at radius 1 is 1.47 bits per heavy atom. The Morgan fingerprint density at radius 2 is 2.07 bits per heavy atom. The first-order valence-corrected chi connectivity index (χ1v) is 5.51. The zero-order valence-electron chi connectivity index (χ0n) is 7.37. The Bertz CT molecular complexity index is 437. The molecule has 0 unspecified atom stereocenters. The average molecular weight is 243 g/mol. The molecule has 0 saturated carbocycles. The lowest BCUT2D eigenvalue weighted by Crippen LogP contribution is -2.19. The van der Waals surface area contributed by atoms with Crippen molar-refractivity contribution in [3.63, 3.8) is 0 Å². The summed E-state index contributed by atoms with van der Waals surface area (Å²) in [6.45, 7) is 0. The molecule has 15 heavy (non-hydrogen) atoms. The number of nitrogens with two attached hydrogens (primary N) is 1. The van der Waals surface area contributed by atoms with Gasteiger partial charge in [-0.1, -0.05) is 0 Å². The summed E-state index contributed by atoms with van der Waals surface area (Å²) < 4.78 is 57.9. The van der Waals surface area contributed by atoms with Gasteiger partial charge >= 0.3 is 6.18 Å². The van der Waals surface area contributed by atoms with Gasteiger partial charge in [0, 0.05) is 5.56 Å². The highest BCUT2D eigenvalue weighted by Crippen LogP contribution is 2.30. The average Bonchev–Trinajstić information content (AvgIpc) is 2.45. The third-order valence-corrected chi connectivity index (χ3v) is 2.43. The number of hydrogen-bond donors (Lipinski definition) is 2. The zero-order chi connectivity index (χ0) is 11.7. The first-order valence-electron chi connectivity index (χ1n) is 3.80. The van der Waals surface area contributed by atoms with E-state index in [2.05, 4.69) is 10.2 Å². The molecular weight excluding hydrogens is 235 g/mol. The second kappa shape index (κ2) is 3.81. The van der Waals surface area contributed by atoms with Gasteiger partial charge in [0.05, 0.1) is 11.9 Å². The highest BCUT2D eigenvalue weighted by Gasteiger charge is 2.35. The minimum Gasteiger partial charge on any atom is -0.273 e. The fourth-order valence-corrected chi connectivity index (χ4v) is 1.50. The summed E-state index contributed by atoms with van der Waals surface area (Å²) in [5.74, 6) is -0.546. The summed E-state index contributed by atoms with van der Waals surface area (Å²) in [4.78, 5) is 0. The smallest absolute Gasteiger partial charge is 0.273 e. The molecule has 0 aliphatic heterocycles. The quantitative estimate of drug-likeness (QED) is 0.798. The van der Waals surface area contributed by atoms with Gasteiger partial charge in [-0.3, -0.25) is 5.10 Å². The number of alkyl halides is 3. The minimum absolute atomic E-state index is 0.212. The molecule has 1 aromatic heterocycles. The number of nitrogens with one attached hydrogen (secondary N) is 1. The van der Waals surface area contributed by atoms with Crippen molar-refractivity contribution < 1.29 is 21.6 Å². The van der Waals surface area contributed by atoms with Crippen LogP contribution in [0.3, 0.4) is 0 Å². The van der Waals surface area contributed by atoms with Gasteiger partial charge in [0.25, 0.3) is 0 Å². The molecular formula is C6H8F3N3O2S. The predicted molar refractivity (Wildman–Crippen MR) is 45.3 cm³/mol. The van der Waals surface area contributed by atoms with E-state index in [1.54, 1.807) is 5.10 Å². The van der Waals surface area contributed by atoms with Crippen LogP contribution in [-0.4, -0.2) is 24.4 Å². The molecule has 5 nitrogen and oxygen atoms in total. The van der Waals surface area contributed by atoms with Crippen LogP contribution in [0.15, 0.2) is 6.20 Å². The normalized spacial score (nSPS) is 13.1. The number of aryl methyl sites for hydroxylation is 1. The highest BCUT2D eigenvalue weighted by molar-refractivity contribution is 7.89. The summed E-state index contributed by atoms with van der Waals surface area (Å²) in [5, 5.41) is 9.65. The van der Waals surface area contributed by atoms with Crippen LogP contribution >= 0.6 is 0 Å². The maximum atomic E-state index is 12.2. The molecule has 0 amide bonds. The molecule has 0 bridgehead atoms. The van der Waals surface area contributed by atoms with Crippen LogP contribution in [0.25, 0.3) is 0 Å². The molecule has 0 radical (unpaired) electrons. The Labute approximate surface area is 83.5 Å². The lowest BCUT2D eigenvalue weighted by atomic mass is 10.2. The second-order valence-corrected chi connectivity index (χ2v) is 4.62. The van der Waals surface area contributed by atoms with Crippen molar-refractivity contribution in [3.8, 4) is 0 Å². The lowest BCUT2D eigenvalue weighted by molar-refractivity contribution is -0.141. The molecule has 0 fully saturated rings. The van der Waals surface area contributed by atoms with Crippen molar-refractivity contribution in [1.29, 1.82) is 0 Å². The molecule has 86 valence electrons. The number of hydrogen-bond acceptors (Lipinski definition) is 3. The number of rotatable bonds is 3. The molecule has 0 atom stereocenters. The monoisotopic (exact) mass is 243 g/mol. The molecule has 0 aliphatic carbocycles. The van der Waals surface area contributed by atoms with Crippen molar-refractivity contribution in [3.05, 3.63) is 17.5 Å². The van der Waals surface area contributed by atoms with Crippen LogP contribution in [-0.2, 0) is 22.6 Å². The van der Waals surface area contributed by atoms with Crippen LogP contribution < -0.4 is 5.14 Å². The first kappa shape index (κ1) is 12.0. The first-order chi connectivity index (χ1) is 6.70. The van der Waals surface area contributed by atoms with Crippen LogP contribution in [0.5, 0.6) is 0 Å². The van der Waals surface area contributed by atoms with E-state index in [4.69, 9.17) is 0 Å². The maximum Gasteiger partial charge on any atom is 0.433 e. The Balaban J connectivity index is 2.84. The molecule has 9 heteroatoms. The Kier molecular flexibility index (Phi) is 3.05. The summed E-state index contributed by atoms with van der Waals surface area (Å²) in [6, 6.07) is 0. The van der Waals surface area contributed by atoms with Crippen LogP contribution in [0, 0.1) is 0 Å². The van der Waals surface area contributed by atoms with Gasteiger partial charge in [-0.05, 0) is 6.42 Å². The fourth-order valence-electron chi connectivity index (χ4n) is 0.998. The van der Waals surface area contributed by atoms with Gasteiger partial charge in [0.15, 0.2) is 0 Å². The molecule has 1 heterocycles. The molecule has 3 N–H and O–H groups in total. The van der Waals surface area contributed by atoms with Crippen LogP contribution in [0.1, 0.15) is 11.3 Å². The van der Waals surface area contributed by atoms with Gasteiger partial charge in [-0.25, -0.2) is 13.6 Å². The fraction of sp³-hybridized carbons (Fsp3) is 0.500. The molecule has 1 aromatic rings. The standard InChI is InChI=1S/C6H8F3N3O2S/c7-6(8,9)5-4(3-11-12-5)1-2-15(10,13)14/h3H,1-2H2,(H,11,12)(H2,10,13,14). The van der Waals surface area contributed by atoms with Gasteiger partial charge in [0.2, 0.25) is 10.0 Å². The van der Waals surface area contributed by atoms with E-state index in [1.807, 2.05) is 0 Å². The van der Waals surface area contributed by atoms with E-state index in [0.717, 1.165) is 6.20 Å². The van der Waals surface area contributed by atoms with Crippen molar-refractivity contribution in [2.75, 3.05) is 5.75 Å². The minimum atomic E-state index is -4.57. The summed E-state index contributed by atoms with van der Waals surface area (Å²) in [7, 11) is -3.77. The molecule has 0 spiro atoms. The van der Waals surface area contributed by atoms with Crippen LogP contribution in [0.4, 0.5) is 13.2 Å². The predicted octanol–water partition coefficient (Wildman–Crippen LogP) is 0.260. The third kappa shape index (κ3) is 3.51. The zero-order valence-corrected chi connectivity index (χ0v) is 8.19. The van der Waals surface area contributed by atoms with Gasteiger partial charge < -0.3 is 0 Å². The summed E-state index contributed by atoms with van der Waals surface area (Å²) in [5.41, 5.74) is -1.25. The van der Waals surface area contributed by atoms with Gasteiger partial charge in [0.1, 0.15) is 5.69 Å². The van der Waals surface area contributed by atoms with Gasteiger partial charge in [-0.15, -0.1) is 0 Å². The number of sulfonamides is 1.